The van der Waals surface area contributed by atoms with Gasteiger partial charge in [-0.15, -0.1) is 0 Å². The number of benzene rings is 2. The van der Waals surface area contributed by atoms with Crippen LogP contribution in [0.4, 0.5) is 14.5 Å². The van der Waals surface area contributed by atoms with Crippen LogP contribution in [0.15, 0.2) is 54.7 Å². The molecule has 2 aromatic carbocycles. The Kier molecular flexibility index (Phi) is 5.56. The van der Waals surface area contributed by atoms with Gasteiger partial charge in [0.1, 0.15) is 17.0 Å². The van der Waals surface area contributed by atoms with Gasteiger partial charge in [-0.2, -0.15) is 5.10 Å². The molecule has 4 aromatic rings. The number of fused-ring (bicyclic) bond motifs is 1. The summed E-state index contributed by atoms with van der Waals surface area (Å²) >= 11 is 6.11. The van der Waals surface area contributed by atoms with Crippen LogP contribution in [-0.2, 0) is 0 Å². The zero-order valence-corrected chi connectivity index (χ0v) is 17.3. The smallest absolute Gasteiger partial charge is 0.280 e. The van der Waals surface area contributed by atoms with Crippen molar-refractivity contribution >= 4 is 28.8 Å². The molecule has 0 aliphatic heterocycles. The normalized spacial score (nSPS) is 11.2. The van der Waals surface area contributed by atoms with E-state index in [4.69, 9.17) is 16.3 Å². The fourth-order valence-corrected chi connectivity index (χ4v) is 3.32. The third-order valence-corrected chi connectivity index (χ3v) is 5.28. The molecule has 1 N–H and O–H groups in total. The van der Waals surface area contributed by atoms with E-state index in [0.717, 1.165) is 4.52 Å². The molecule has 0 aliphatic rings. The first-order valence-electron chi connectivity index (χ1n) is 9.26. The molecule has 0 atom stereocenters. The molecule has 6 nitrogen and oxygen atoms in total. The average molecular weight is 443 g/mol. The Hall–Kier alpha value is -3.52. The number of carbonyl (C=O) groups is 1. The third-order valence-electron chi connectivity index (χ3n) is 4.87. The number of halogens is 3. The summed E-state index contributed by atoms with van der Waals surface area (Å²) in [5, 5.41) is 7.22. The largest absolute Gasteiger partial charge is 0.497 e. The molecule has 1 amide bonds. The van der Waals surface area contributed by atoms with Gasteiger partial charge in [0.25, 0.3) is 12.3 Å². The molecular formula is C22H17ClF2N4O2. The lowest BCUT2D eigenvalue weighted by Crippen LogP contribution is -2.13. The van der Waals surface area contributed by atoms with Crippen LogP contribution in [0.5, 0.6) is 5.75 Å². The number of carbonyl (C=O) groups excluding carboxylic acids is 1. The minimum absolute atomic E-state index is 0.0285. The maximum absolute atomic E-state index is 13.7. The number of methoxy groups -OCH3 is 1. The van der Waals surface area contributed by atoms with Gasteiger partial charge in [-0.05, 0) is 55.0 Å². The summed E-state index contributed by atoms with van der Waals surface area (Å²) in [5.74, 6) is 0.0974. The number of aromatic nitrogens is 3. The van der Waals surface area contributed by atoms with E-state index in [2.05, 4.69) is 15.4 Å². The Balaban J connectivity index is 1.80. The third kappa shape index (κ3) is 3.94. The van der Waals surface area contributed by atoms with Crippen molar-refractivity contribution in [2.75, 3.05) is 12.4 Å². The fourth-order valence-electron chi connectivity index (χ4n) is 3.14. The minimum atomic E-state index is -2.81. The van der Waals surface area contributed by atoms with Crippen LogP contribution in [0, 0.1) is 6.92 Å². The highest BCUT2D eigenvalue weighted by Crippen LogP contribution is 2.29. The molecule has 158 valence electrons. The summed E-state index contributed by atoms with van der Waals surface area (Å²) in [4.78, 5) is 17.4. The van der Waals surface area contributed by atoms with Crippen molar-refractivity contribution < 1.29 is 18.3 Å². The number of hydrogen-bond acceptors (Lipinski definition) is 4. The lowest BCUT2D eigenvalue weighted by atomic mass is 10.1. The molecule has 4 rings (SSSR count). The van der Waals surface area contributed by atoms with Crippen LogP contribution in [0.1, 0.15) is 28.0 Å². The topological polar surface area (TPSA) is 68.5 Å². The molecule has 0 saturated carbocycles. The van der Waals surface area contributed by atoms with Crippen LogP contribution in [0.2, 0.25) is 5.02 Å². The second-order valence-electron chi connectivity index (χ2n) is 6.76. The number of anilines is 1. The van der Waals surface area contributed by atoms with Crippen LogP contribution >= 0.6 is 11.6 Å². The molecule has 0 spiro atoms. The summed E-state index contributed by atoms with van der Waals surface area (Å²) in [6, 6.07) is 13.2. The Morgan fingerprint density at radius 2 is 1.94 bits per heavy atom. The molecule has 2 aromatic heterocycles. The van der Waals surface area contributed by atoms with Crippen LogP contribution in [0.25, 0.3) is 16.9 Å². The summed E-state index contributed by atoms with van der Waals surface area (Å²) in [6.45, 7) is 1.77. The van der Waals surface area contributed by atoms with Gasteiger partial charge in [-0.1, -0.05) is 17.7 Å². The van der Waals surface area contributed by atoms with Crippen molar-refractivity contribution in [1.82, 2.24) is 14.6 Å². The molecule has 9 heteroatoms. The van der Waals surface area contributed by atoms with Gasteiger partial charge in [-0.3, -0.25) is 4.79 Å². The molecule has 0 unspecified atom stereocenters. The summed E-state index contributed by atoms with van der Waals surface area (Å²) in [7, 11) is 1.53. The van der Waals surface area contributed by atoms with Crippen LogP contribution < -0.4 is 10.1 Å². The minimum Gasteiger partial charge on any atom is -0.497 e. The molecule has 2 heterocycles. The standard InChI is InChI=1S/C22H17ClF2N4O2/c1-12-16(23)4-3-5-17(12)28-22(30)15-11-26-29-19(20(24)25)10-18(27-21(15)29)13-6-8-14(31-2)9-7-13/h3-11,20H,1-2H3,(H,28,30). The second kappa shape index (κ2) is 8.31. The quantitative estimate of drug-likeness (QED) is 0.439. The van der Waals surface area contributed by atoms with E-state index >= 15 is 0 Å². The van der Waals surface area contributed by atoms with E-state index in [1.54, 1.807) is 49.4 Å². The predicted molar refractivity (Wildman–Crippen MR) is 114 cm³/mol. The predicted octanol–water partition coefficient (Wildman–Crippen LogP) is 5.56. The number of hydrogen-bond donors (Lipinski definition) is 1. The van der Waals surface area contributed by atoms with Gasteiger partial charge in [0.05, 0.1) is 19.0 Å². The molecule has 0 saturated heterocycles. The summed E-state index contributed by atoms with van der Waals surface area (Å²) < 4.78 is 33.6. The number of ether oxygens (including phenoxy) is 1. The number of alkyl halides is 2. The van der Waals surface area contributed by atoms with Crippen molar-refractivity contribution in [2.45, 2.75) is 13.3 Å². The van der Waals surface area contributed by atoms with E-state index < -0.39 is 12.3 Å². The maximum Gasteiger partial charge on any atom is 0.280 e. The zero-order valence-electron chi connectivity index (χ0n) is 16.6. The maximum atomic E-state index is 13.7. The van der Waals surface area contributed by atoms with E-state index in [1.807, 2.05) is 0 Å². The highest BCUT2D eigenvalue weighted by atomic mass is 35.5. The van der Waals surface area contributed by atoms with E-state index in [9.17, 15) is 13.6 Å². The van der Waals surface area contributed by atoms with Crippen molar-refractivity contribution in [2.24, 2.45) is 0 Å². The molecular weight excluding hydrogens is 426 g/mol. The summed E-state index contributed by atoms with van der Waals surface area (Å²) in [5.41, 5.74) is 1.82. The van der Waals surface area contributed by atoms with E-state index in [1.165, 1.54) is 19.4 Å². The first-order chi connectivity index (χ1) is 14.9. The van der Waals surface area contributed by atoms with E-state index in [0.29, 0.717) is 33.3 Å². The Labute approximate surface area is 181 Å². The molecule has 31 heavy (non-hydrogen) atoms. The highest BCUT2D eigenvalue weighted by molar-refractivity contribution is 6.31. The van der Waals surface area contributed by atoms with Gasteiger partial charge >= 0.3 is 0 Å². The van der Waals surface area contributed by atoms with Gasteiger partial charge in [0, 0.05) is 16.3 Å². The Morgan fingerprint density at radius 3 is 2.61 bits per heavy atom. The van der Waals surface area contributed by atoms with Gasteiger partial charge < -0.3 is 10.1 Å². The lowest BCUT2D eigenvalue weighted by molar-refractivity contribution is 0.102. The SMILES string of the molecule is COc1ccc(-c2cc(C(F)F)n3ncc(C(=O)Nc4cccc(Cl)c4C)c3n2)cc1. The average Bonchev–Trinajstić information content (AvgIpc) is 3.20. The number of nitrogens with one attached hydrogen (secondary N) is 1. The highest BCUT2D eigenvalue weighted by Gasteiger charge is 2.22. The molecule has 0 aliphatic carbocycles. The van der Waals surface area contributed by atoms with Gasteiger partial charge in [0.2, 0.25) is 0 Å². The Bertz CT molecular complexity index is 1270. The zero-order chi connectivity index (χ0) is 22.1. The molecule has 0 radical (unpaired) electrons. The number of nitrogens with zero attached hydrogens (tertiary/aromatic N) is 3. The van der Waals surface area contributed by atoms with Crippen molar-refractivity contribution in [3.05, 3.63) is 76.6 Å². The lowest BCUT2D eigenvalue weighted by Gasteiger charge is -2.10. The van der Waals surface area contributed by atoms with Crippen LogP contribution in [0.3, 0.4) is 0 Å². The van der Waals surface area contributed by atoms with Crippen molar-refractivity contribution in [1.29, 1.82) is 0 Å². The van der Waals surface area contributed by atoms with E-state index in [-0.39, 0.29) is 16.9 Å². The second-order valence-corrected chi connectivity index (χ2v) is 7.16. The van der Waals surface area contributed by atoms with Crippen molar-refractivity contribution in [3.63, 3.8) is 0 Å². The molecule has 0 bridgehead atoms. The first-order valence-corrected chi connectivity index (χ1v) is 9.64. The number of amides is 1. The Morgan fingerprint density at radius 1 is 1.19 bits per heavy atom. The molecule has 0 fully saturated rings. The monoisotopic (exact) mass is 442 g/mol. The summed E-state index contributed by atoms with van der Waals surface area (Å²) in [6.07, 6.45) is -1.59. The van der Waals surface area contributed by atoms with Crippen molar-refractivity contribution in [3.8, 4) is 17.0 Å². The first kappa shape index (κ1) is 20.7. The number of rotatable bonds is 5. The van der Waals surface area contributed by atoms with Gasteiger partial charge in [-0.25, -0.2) is 18.3 Å². The fraction of sp³-hybridized carbons (Fsp3) is 0.136. The van der Waals surface area contributed by atoms with Crippen LogP contribution in [-0.4, -0.2) is 27.6 Å². The van der Waals surface area contributed by atoms with Gasteiger partial charge in [0.15, 0.2) is 5.65 Å².